The fraction of sp³-hybridized carbons (Fsp3) is 0.500. The van der Waals surface area contributed by atoms with E-state index in [0.29, 0.717) is 11.6 Å². The predicted molar refractivity (Wildman–Crippen MR) is 48.4 cm³/mol. The summed E-state index contributed by atoms with van der Waals surface area (Å²) >= 11 is 5.66. The first-order chi connectivity index (χ1) is 6.13. The minimum Gasteiger partial charge on any atom is -0.469 e. The molecule has 0 radical (unpaired) electrons. The highest BCUT2D eigenvalue weighted by molar-refractivity contribution is 6.30. The summed E-state index contributed by atoms with van der Waals surface area (Å²) in [5.41, 5.74) is 0. The van der Waals surface area contributed by atoms with Crippen molar-refractivity contribution in [1.29, 1.82) is 0 Å². The molecule has 0 aliphatic rings. The monoisotopic (exact) mass is 202 g/mol. The van der Waals surface area contributed by atoms with Crippen molar-refractivity contribution in [3.8, 4) is 0 Å². The van der Waals surface area contributed by atoms with Crippen LogP contribution in [-0.2, 0) is 16.1 Å². The summed E-state index contributed by atoms with van der Waals surface area (Å²) in [5.74, 6) is -0.451. The zero-order chi connectivity index (χ0) is 9.84. The number of aromatic nitrogens is 2. The Morgan fingerprint density at radius 3 is 3.00 bits per heavy atom. The quantitative estimate of drug-likeness (QED) is 0.695. The average Bonchev–Trinajstić information content (AvgIpc) is 2.49. The fourth-order valence-electron chi connectivity index (χ4n) is 0.994. The lowest BCUT2D eigenvalue weighted by Crippen LogP contribution is -2.18. The number of carbonyl (C=O) groups excluding carboxylic acids is 1. The summed E-state index contributed by atoms with van der Waals surface area (Å²) in [6.45, 7) is 2.26. The second-order valence-electron chi connectivity index (χ2n) is 2.80. The highest BCUT2D eigenvalue weighted by Crippen LogP contribution is 2.07. The van der Waals surface area contributed by atoms with Gasteiger partial charge in [0, 0.05) is 6.20 Å². The van der Waals surface area contributed by atoms with E-state index in [-0.39, 0.29) is 11.9 Å². The van der Waals surface area contributed by atoms with Gasteiger partial charge in [-0.15, -0.1) is 0 Å². The maximum absolute atomic E-state index is 11.0. The minimum absolute atomic E-state index is 0.207. The molecule has 0 aliphatic heterocycles. The molecule has 0 saturated heterocycles. The van der Waals surface area contributed by atoms with Crippen molar-refractivity contribution < 1.29 is 9.53 Å². The van der Waals surface area contributed by atoms with E-state index in [1.54, 1.807) is 17.8 Å². The van der Waals surface area contributed by atoms with Crippen LogP contribution >= 0.6 is 11.6 Å². The second kappa shape index (κ2) is 4.28. The van der Waals surface area contributed by atoms with E-state index in [4.69, 9.17) is 11.6 Å². The smallest absolute Gasteiger partial charge is 0.310 e. The molecule has 0 amide bonds. The second-order valence-corrected chi connectivity index (χ2v) is 3.24. The van der Waals surface area contributed by atoms with Crippen LogP contribution in [0.3, 0.4) is 0 Å². The summed E-state index contributed by atoms with van der Waals surface area (Å²) in [6, 6.07) is 0. The first-order valence-corrected chi connectivity index (χ1v) is 4.27. The molecule has 0 aromatic carbocycles. The van der Waals surface area contributed by atoms with E-state index < -0.39 is 0 Å². The summed E-state index contributed by atoms with van der Waals surface area (Å²) in [7, 11) is 1.37. The zero-order valence-corrected chi connectivity index (χ0v) is 8.28. The number of halogens is 1. The van der Waals surface area contributed by atoms with Gasteiger partial charge in [0.2, 0.25) is 0 Å². The van der Waals surface area contributed by atoms with Crippen LogP contribution in [0.1, 0.15) is 6.92 Å². The van der Waals surface area contributed by atoms with Crippen molar-refractivity contribution in [3.05, 3.63) is 17.4 Å². The number of methoxy groups -OCH3 is 1. The summed E-state index contributed by atoms with van der Waals surface area (Å²) in [5, 5.41) is 4.52. The minimum atomic E-state index is -0.244. The van der Waals surface area contributed by atoms with Gasteiger partial charge in [0.05, 0.1) is 30.8 Å². The third-order valence-corrected chi connectivity index (χ3v) is 1.86. The van der Waals surface area contributed by atoms with E-state index in [1.807, 2.05) is 0 Å². The molecular weight excluding hydrogens is 192 g/mol. The molecule has 4 nitrogen and oxygen atoms in total. The van der Waals surface area contributed by atoms with Crippen LogP contribution in [0.15, 0.2) is 12.4 Å². The molecule has 0 aliphatic carbocycles. The Hall–Kier alpha value is -1.03. The number of ether oxygens (including phenoxy) is 1. The van der Waals surface area contributed by atoms with Gasteiger partial charge in [-0.1, -0.05) is 18.5 Å². The third kappa shape index (κ3) is 2.73. The van der Waals surface area contributed by atoms with Crippen molar-refractivity contribution >= 4 is 17.6 Å². The Bertz CT molecular complexity index is 298. The van der Waals surface area contributed by atoms with Gasteiger partial charge in [-0.2, -0.15) is 5.10 Å². The SMILES string of the molecule is COC(=O)C(C)Cn1cc(Cl)cn1. The van der Waals surface area contributed by atoms with E-state index in [1.165, 1.54) is 13.3 Å². The third-order valence-electron chi connectivity index (χ3n) is 1.67. The molecule has 1 atom stereocenters. The number of esters is 1. The van der Waals surface area contributed by atoms with Crippen LogP contribution in [-0.4, -0.2) is 22.9 Å². The molecule has 13 heavy (non-hydrogen) atoms. The zero-order valence-electron chi connectivity index (χ0n) is 7.53. The molecule has 1 unspecified atom stereocenters. The number of hydrogen-bond acceptors (Lipinski definition) is 3. The van der Waals surface area contributed by atoms with Crippen molar-refractivity contribution in [2.75, 3.05) is 7.11 Å². The van der Waals surface area contributed by atoms with Crippen LogP contribution in [0.2, 0.25) is 5.02 Å². The molecule has 0 N–H and O–H groups in total. The Morgan fingerprint density at radius 1 is 1.85 bits per heavy atom. The normalized spacial score (nSPS) is 12.5. The van der Waals surface area contributed by atoms with Gasteiger partial charge >= 0.3 is 5.97 Å². The van der Waals surface area contributed by atoms with Crippen molar-refractivity contribution in [2.24, 2.45) is 5.92 Å². The van der Waals surface area contributed by atoms with Gasteiger partial charge in [0.15, 0.2) is 0 Å². The highest BCUT2D eigenvalue weighted by atomic mass is 35.5. The molecule has 1 aromatic heterocycles. The number of carbonyl (C=O) groups is 1. The average molecular weight is 203 g/mol. The first-order valence-electron chi connectivity index (χ1n) is 3.89. The Balaban J connectivity index is 2.54. The van der Waals surface area contributed by atoms with E-state index in [9.17, 15) is 4.79 Å². The Kier molecular flexibility index (Phi) is 3.31. The molecule has 0 saturated carbocycles. The number of rotatable bonds is 3. The molecular formula is C8H11ClN2O2. The maximum atomic E-state index is 11.0. The number of nitrogens with zero attached hydrogens (tertiary/aromatic N) is 2. The summed E-state index contributed by atoms with van der Waals surface area (Å²) in [6.07, 6.45) is 3.20. The molecule has 1 heterocycles. The van der Waals surface area contributed by atoms with Crippen LogP contribution in [0, 0.1) is 5.92 Å². The standard InChI is InChI=1S/C8H11ClN2O2/c1-6(8(12)13-2)4-11-5-7(9)3-10-11/h3,5-6H,4H2,1-2H3. The molecule has 0 bridgehead atoms. The van der Waals surface area contributed by atoms with Crippen LogP contribution in [0.25, 0.3) is 0 Å². The predicted octanol–water partition coefficient (Wildman–Crippen LogP) is 1.35. The van der Waals surface area contributed by atoms with Gasteiger partial charge < -0.3 is 4.74 Å². The first kappa shape index (κ1) is 10.1. The van der Waals surface area contributed by atoms with Gasteiger partial charge in [-0.05, 0) is 0 Å². The fourth-order valence-corrected chi connectivity index (χ4v) is 1.15. The highest BCUT2D eigenvalue weighted by Gasteiger charge is 2.13. The van der Waals surface area contributed by atoms with Gasteiger partial charge in [-0.3, -0.25) is 9.48 Å². The lowest BCUT2D eigenvalue weighted by molar-refractivity contribution is -0.145. The van der Waals surface area contributed by atoms with Crippen molar-refractivity contribution in [2.45, 2.75) is 13.5 Å². The van der Waals surface area contributed by atoms with Crippen LogP contribution in [0.4, 0.5) is 0 Å². The molecule has 1 rings (SSSR count). The maximum Gasteiger partial charge on any atom is 0.310 e. The van der Waals surface area contributed by atoms with E-state index in [0.717, 1.165) is 0 Å². The van der Waals surface area contributed by atoms with Gasteiger partial charge in [-0.25, -0.2) is 0 Å². The molecule has 5 heteroatoms. The number of hydrogen-bond donors (Lipinski definition) is 0. The van der Waals surface area contributed by atoms with Crippen LogP contribution in [0.5, 0.6) is 0 Å². The molecule has 72 valence electrons. The Labute approximate surface area is 81.4 Å². The summed E-state index contributed by atoms with van der Waals surface area (Å²) in [4.78, 5) is 11.0. The van der Waals surface area contributed by atoms with Crippen molar-refractivity contribution in [3.63, 3.8) is 0 Å². The lowest BCUT2D eigenvalue weighted by Gasteiger charge is -2.08. The molecule has 0 spiro atoms. The van der Waals surface area contributed by atoms with Gasteiger partial charge in [0.1, 0.15) is 0 Å². The van der Waals surface area contributed by atoms with E-state index in [2.05, 4.69) is 9.84 Å². The lowest BCUT2D eigenvalue weighted by atomic mass is 10.2. The Morgan fingerprint density at radius 2 is 2.54 bits per heavy atom. The van der Waals surface area contributed by atoms with Gasteiger partial charge in [0.25, 0.3) is 0 Å². The molecule has 0 fully saturated rings. The summed E-state index contributed by atoms with van der Waals surface area (Å²) < 4.78 is 6.19. The largest absolute Gasteiger partial charge is 0.469 e. The van der Waals surface area contributed by atoms with E-state index >= 15 is 0 Å². The van der Waals surface area contributed by atoms with Crippen molar-refractivity contribution in [1.82, 2.24) is 9.78 Å². The molecule has 1 aromatic rings. The topological polar surface area (TPSA) is 44.1 Å². The van der Waals surface area contributed by atoms with Crippen LogP contribution < -0.4 is 0 Å².